The number of halogens is 1. The van der Waals surface area contributed by atoms with Gasteiger partial charge < -0.3 is 5.32 Å². The largest absolute Gasteiger partial charge is 0.349 e. The van der Waals surface area contributed by atoms with E-state index in [1.165, 1.54) is 12.1 Å². The van der Waals surface area contributed by atoms with Crippen LogP contribution >= 0.6 is 11.3 Å². The summed E-state index contributed by atoms with van der Waals surface area (Å²) in [6.07, 6.45) is 5.46. The Balaban J connectivity index is 1.29. The number of nitrogens with one attached hydrogen (secondary N) is 1. The van der Waals surface area contributed by atoms with Crippen LogP contribution in [0.2, 0.25) is 0 Å². The van der Waals surface area contributed by atoms with Gasteiger partial charge in [0, 0.05) is 28.0 Å². The second-order valence-corrected chi connectivity index (χ2v) is 14.6. The number of rotatable bonds is 7. The zero-order valence-corrected chi connectivity index (χ0v) is 23.7. The standard InChI is InChI=1S/C30H32FNO4S2/c1-17(33)23-13-30(14-23)15-25(16-30)32-29(34)28-19(3)37-18(2)27(28)9-20-5-7-21(8-6-20)22-10-24(31)12-26(11-22)38(4,35)36/h5-8,10-12,23,25H,9,13-16H2,1-4H3,(H,32,34). The molecule has 200 valence electrons. The lowest BCUT2D eigenvalue weighted by molar-refractivity contribution is -0.134. The lowest BCUT2D eigenvalue weighted by Crippen LogP contribution is -2.57. The smallest absolute Gasteiger partial charge is 0.252 e. The summed E-state index contributed by atoms with van der Waals surface area (Å²) < 4.78 is 37.9. The number of aryl methyl sites for hydroxylation is 2. The highest BCUT2D eigenvalue weighted by molar-refractivity contribution is 7.90. The Kier molecular flexibility index (Phi) is 6.84. The Labute approximate surface area is 227 Å². The van der Waals surface area contributed by atoms with Crippen molar-refractivity contribution >= 4 is 32.9 Å². The third-order valence-electron chi connectivity index (χ3n) is 8.21. The van der Waals surface area contributed by atoms with Crippen molar-refractivity contribution in [2.45, 2.75) is 63.8 Å². The lowest BCUT2D eigenvalue weighted by atomic mass is 9.49. The first-order chi connectivity index (χ1) is 17.8. The van der Waals surface area contributed by atoms with E-state index >= 15 is 0 Å². The van der Waals surface area contributed by atoms with E-state index in [4.69, 9.17) is 0 Å². The zero-order chi connectivity index (χ0) is 27.4. The van der Waals surface area contributed by atoms with Gasteiger partial charge in [0.2, 0.25) is 0 Å². The molecule has 1 heterocycles. The summed E-state index contributed by atoms with van der Waals surface area (Å²) in [5, 5.41) is 3.23. The van der Waals surface area contributed by atoms with Crippen molar-refractivity contribution in [2.24, 2.45) is 11.3 Å². The van der Waals surface area contributed by atoms with Gasteiger partial charge >= 0.3 is 0 Å². The van der Waals surface area contributed by atoms with E-state index in [-0.39, 0.29) is 34.0 Å². The van der Waals surface area contributed by atoms with Crippen LogP contribution in [0.3, 0.4) is 0 Å². The molecule has 2 fully saturated rings. The molecule has 0 aliphatic heterocycles. The van der Waals surface area contributed by atoms with E-state index in [0.29, 0.717) is 12.0 Å². The second-order valence-electron chi connectivity index (χ2n) is 11.2. The van der Waals surface area contributed by atoms with Gasteiger partial charge in [0.25, 0.3) is 5.91 Å². The van der Waals surface area contributed by atoms with Crippen molar-refractivity contribution in [3.63, 3.8) is 0 Å². The number of sulfone groups is 1. The maximum Gasteiger partial charge on any atom is 0.252 e. The van der Waals surface area contributed by atoms with Crippen LogP contribution in [0, 0.1) is 31.0 Å². The van der Waals surface area contributed by atoms with Crippen LogP contribution < -0.4 is 5.32 Å². The third kappa shape index (κ3) is 5.21. The van der Waals surface area contributed by atoms with Crippen LogP contribution in [0.5, 0.6) is 0 Å². The number of amides is 1. The van der Waals surface area contributed by atoms with Gasteiger partial charge in [-0.15, -0.1) is 11.3 Å². The van der Waals surface area contributed by atoms with E-state index in [2.05, 4.69) is 5.32 Å². The van der Waals surface area contributed by atoms with E-state index in [1.807, 2.05) is 38.1 Å². The minimum Gasteiger partial charge on any atom is -0.349 e. The molecule has 5 nitrogen and oxygen atoms in total. The molecular weight excluding hydrogens is 521 g/mol. The molecule has 1 amide bonds. The van der Waals surface area contributed by atoms with Gasteiger partial charge in [-0.25, -0.2) is 12.8 Å². The van der Waals surface area contributed by atoms with Gasteiger partial charge in [0.15, 0.2) is 9.84 Å². The number of thiophene rings is 1. The van der Waals surface area contributed by atoms with Crippen LogP contribution in [0.25, 0.3) is 11.1 Å². The van der Waals surface area contributed by atoms with Crippen LogP contribution in [-0.4, -0.2) is 32.4 Å². The molecule has 0 saturated heterocycles. The zero-order valence-electron chi connectivity index (χ0n) is 22.1. The summed E-state index contributed by atoms with van der Waals surface area (Å²) in [6.45, 7) is 5.68. The average molecular weight is 554 g/mol. The molecule has 1 N–H and O–H groups in total. The molecule has 0 unspecified atom stereocenters. The number of carbonyl (C=O) groups is 2. The number of Topliss-reactive ketones (excluding diaryl/α,β-unsaturated/α-hetero) is 1. The van der Waals surface area contributed by atoms with Crippen molar-refractivity contribution < 1.29 is 22.4 Å². The summed E-state index contributed by atoms with van der Waals surface area (Å²) in [5.74, 6) is -0.150. The van der Waals surface area contributed by atoms with E-state index < -0.39 is 15.7 Å². The Morgan fingerprint density at radius 2 is 1.66 bits per heavy atom. The van der Waals surface area contributed by atoms with Crippen LogP contribution in [0.1, 0.15) is 63.8 Å². The normalized spacial score (nSPS) is 22.6. The molecule has 3 aromatic rings. The maximum absolute atomic E-state index is 14.1. The fraction of sp³-hybridized carbons (Fsp3) is 0.400. The fourth-order valence-electron chi connectivity index (χ4n) is 6.15. The summed E-state index contributed by atoms with van der Waals surface area (Å²) in [5.41, 5.74) is 4.24. The highest BCUT2D eigenvalue weighted by Crippen LogP contribution is 2.58. The second kappa shape index (κ2) is 9.72. The van der Waals surface area contributed by atoms with E-state index in [0.717, 1.165) is 70.0 Å². The molecule has 0 radical (unpaired) electrons. The van der Waals surface area contributed by atoms with Crippen molar-refractivity contribution in [3.8, 4) is 11.1 Å². The Morgan fingerprint density at radius 1 is 1.00 bits per heavy atom. The fourth-order valence-corrected chi connectivity index (χ4v) is 7.90. The molecule has 0 atom stereocenters. The van der Waals surface area contributed by atoms with Crippen LogP contribution in [-0.2, 0) is 21.1 Å². The van der Waals surface area contributed by atoms with Gasteiger partial charge in [-0.2, -0.15) is 0 Å². The van der Waals surface area contributed by atoms with E-state index in [9.17, 15) is 22.4 Å². The topological polar surface area (TPSA) is 80.3 Å². The third-order valence-corrected chi connectivity index (χ3v) is 10.4. The number of hydrogen-bond acceptors (Lipinski definition) is 5. The highest BCUT2D eigenvalue weighted by atomic mass is 32.2. The van der Waals surface area contributed by atoms with Gasteiger partial charge in [0.1, 0.15) is 11.6 Å². The maximum atomic E-state index is 14.1. The first-order valence-corrected chi connectivity index (χ1v) is 15.5. The Hall–Kier alpha value is -2.84. The van der Waals surface area contributed by atoms with Crippen LogP contribution in [0.4, 0.5) is 4.39 Å². The number of carbonyl (C=O) groups excluding carboxylic acids is 2. The highest BCUT2D eigenvalue weighted by Gasteiger charge is 2.54. The molecule has 0 bridgehead atoms. The number of benzene rings is 2. The number of ketones is 1. The molecule has 1 spiro atoms. The van der Waals surface area contributed by atoms with Crippen molar-refractivity contribution in [1.29, 1.82) is 0 Å². The summed E-state index contributed by atoms with van der Waals surface area (Å²) >= 11 is 1.62. The minimum absolute atomic E-state index is 0.0335. The molecule has 38 heavy (non-hydrogen) atoms. The van der Waals surface area contributed by atoms with Gasteiger partial charge in [-0.1, -0.05) is 24.3 Å². The summed E-state index contributed by atoms with van der Waals surface area (Å²) in [7, 11) is -3.53. The van der Waals surface area contributed by atoms with Crippen molar-refractivity contribution in [1.82, 2.24) is 5.32 Å². The van der Waals surface area contributed by atoms with Gasteiger partial charge in [0.05, 0.1) is 10.5 Å². The average Bonchev–Trinajstić information content (AvgIpc) is 3.06. The Bertz CT molecular complexity index is 1520. The van der Waals surface area contributed by atoms with Gasteiger partial charge in [-0.05, 0) is 98.7 Å². The van der Waals surface area contributed by atoms with Crippen molar-refractivity contribution in [2.75, 3.05) is 6.26 Å². The number of hydrogen-bond donors (Lipinski definition) is 1. The lowest BCUT2D eigenvalue weighted by Gasteiger charge is -2.57. The van der Waals surface area contributed by atoms with E-state index in [1.54, 1.807) is 18.3 Å². The monoisotopic (exact) mass is 553 g/mol. The first kappa shape index (κ1) is 26.8. The SMILES string of the molecule is CC(=O)C1CC2(CC(NC(=O)c3c(C)sc(C)c3Cc3ccc(-c4cc(F)cc(S(C)(=O)=O)c4)cc3)C2)C1. The van der Waals surface area contributed by atoms with Crippen LogP contribution in [0.15, 0.2) is 47.4 Å². The summed E-state index contributed by atoms with van der Waals surface area (Å²) in [4.78, 5) is 26.9. The molecule has 2 aliphatic carbocycles. The molecule has 8 heteroatoms. The first-order valence-electron chi connectivity index (χ1n) is 12.8. The molecule has 2 aromatic carbocycles. The Morgan fingerprint density at radius 3 is 2.26 bits per heavy atom. The predicted molar refractivity (Wildman–Crippen MR) is 148 cm³/mol. The van der Waals surface area contributed by atoms with Crippen molar-refractivity contribution in [3.05, 3.63) is 74.7 Å². The van der Waals surface area contributed by atoms with Gasteiger partial charge in [-0.3, -0.25) is 9.59 Å². The molecule has 2 aliphatic rings. The quantitative estimate of drug-likeness (QED) is 0.387. The molecular formula is C30H32FNO4S2. The molecule has 5 rings (SSSR count). The predicted octanol–water partition coefficient (Wildman–Crippen LogP) is 6.04. The minimum atomic E-state index is -3.53. The molecule has 1 aromatic heterocycles. The molecule has 2 saturated carbocycles. The summed E-state index contributed by atoms with van der Waals surface area (Å²) in [6, 6.07) is 11.6.